The Morgan fingerprint density at radius 1 is 1.37 bits per heavy atom. The van der Waals surface area contributed by atoms with Crippen LogP contribution in [0.25, 0.3) is 5.69 Å². The number of aromatic nitrogens is 2. The maximum Gasteiger partial charge on any atom is 0.172 e. The Labute approximate surface area is 116 Å². The summed E-state index contributed by atoms with van der Waals surface area (Å²) in [6, 6.07) is 5.61. The molecule has 3 N–H and O–H groups in total. The van der Waals surface area contributed by atoms with Gasteiger partial charge in [-0.1, -0.05) is 22.8 Å². The molecule has 0 saturated carbocycles. The quantitative estimate of drug-likeness (QED) is 0.384. The number of nitrogens with zero attached hydrogens (tertiary/aromatic N) is 3. The fourth-order valence-electron chi connectivity index (χ4n) is 1.95. The number of oxime groups is 1. The van der Waals surface area contributed by atoms with E-state index in [0.29, 0.717) is 10.6 Å². The van der Waals surface area contributed by atoms with Crippen molar-refractivity contribution in [3.05, 3.63) is 45.7 Å². The van der Waals surface area contributed by atoms with Crippen molar-refractivity contribution in [2.75, 3.05) is 0 Å². The van der Waals surface area contributed by atoms with E-state index in [1.165, 1.54) is 0 Å². The topological polar surface area (TPSA) is 76.4 Å². The lowest BCUT2D eigenvalue weighted by atomic mass is 10.1. The van der Waals surface area contributed by atoms with Gasteiger partial charge in [0, 0.05) is 5.56 Å². The van der Waals surface area contributed by atoms with Crippen molar-refractivity contribution in [1.82, 2.24) is 9.78 Å². The van der Waals surface area contributed by atoms with E-state index < -0.39 is 0 Å². The average molecular weight is 279 g/mol. The summed E-state index contributed by atoms with van der Waals surface area (Å²) in [6.07, 6.45) is 0. The van der Waals surface area contributed by atoms with Gasteiger partial charge in [-0.2, -0.15) is 5.10 Å². The van der Waals surface area contributed by atoms with Crippen LogP contribution in [0.5, 0.6) is 0 Å². The lowest BCUT2D eigenvalue weighted by Crippen LogP contribution is -2.17. The summed E-state index contributed by atoms with van der Waals surface area (Å²) in [4.78, 5) is 0. The Morgan fingerprint density at radius 3 is 2.58 bits per heavy atom. The smallest absolute Gasteiger partial charge is 0.172 e. The summed E-state index contributed by atoms with van der Waals surface area (Å²) in [5.41, 5.74) is 9.66. The zero-order valence-corrected chi connectivity index (χ0v) is 11.7. The van der Waals surface area contributed by atoms with Crippen LogP contribution in [-0.2, 0) is 0 Å². The van der Waals surface area contributed by atoms with Gasteiger partial charge in [0.25, 0.3) is 0 Å². The molecule has 1 aromatic carbocycles. The van der Waals surface area contributed by atoms with Gasteiger partial charge in [-0.25, -0.2) is 4.68 Å². The molecule has 1 heterocycles. The largest absolute Gasteiger partial charge is 0.409 e. The van der Waals surface area contributed by atoms with Crippen molar-refractivity contribution < 1.29 is 5.21 Å². The summed E-state index contributed by atoms with van der Waals surface area (Å²) in [5.74, 6) is 0.0404. The molecule has 2 rings (SSSR count). The minimum absolute atomic E-state index is 0.0404. The Hall–Kier alpha value is -2.01. The fourth-order valence-corrected chi connectivity index (χ4v) is 2.06. The highest BCUT2D eigenvalue weighted by Gasteiger charge is 2.15. The molecule has 0 aliphatic rings. The number of rotatable bonds is 2. The van der Waals surface area contributed by atoms with Crippen molar-refractivity contribution >= 4 is 17.4 Å². The normalized spacial score (nSPS) is 11.9. The third kappa shape index (κ3) is 2.29. The third-order valence-electron chi connectivity index (χ3n) is 2.97. The van der Waals surface area contributed by atoms with Crippen molar-refractivity contribution in [1.29, 1.82) is 0 Å². The first kappa shape index (κ1) is 13.4. The van der Waals surface area contributed by atoms with Crippen molar-refractivity contribution in [3.8, 4) is 5.69 Å². The van der Waals surface area contributed by atoms with Crippen LogP contribution in [0, 0.1) is 20.8 Å². The van der Waals surface area contributed by atoms with E-state index in [2.05, 4.69) is 10.3 Å². The number of benzene rings is 1. The number of nitrogens with two attached hydrogens (primary N) is 1. The summed E-state index contributed by atoms with van der Waals surface area (Å²) >= 11 is 6.16. The standard InChI is InChI=1S/C13H15ClN4O/c1-7-4-5-10(13(15)17-19)11(6-7)18-9(3)12(14)8(2)16-18/h4-6,19H,1-3H3,(H2,15,17). The second-order valence-corrected chi connectivity index (χ2v) is 4.78. The Morgan fingerprint density at radius 2 is 2.05 bits per heavy atom. The predicted octanol–water partition coefficient (Wildman–Crippen LogP) is 2.55. The molecule has 0 atom stereocenters. The van der Waals surface area contributed by atoms with Gasteiger partial charge in [-0.15, -0.1) is 0 Å². The van der Waals surface area contributed by atoms with E-state index in [4.69, 9.17) is 22.5 Å². The van der Waals surface area contributed by atoms with E-state index in [1.54, 1.807) is 10.7 Å². The fraction of sp³-hybridized carbons (Fsp3) is 0.231. The molecule has 19 heavy (non-hydrogen) atoms. The molecule has 0 bridgehead atoms. The molecule has 0 fully saturated rings. The molecule has 1 aromatic heterocycles. The van der Waals surface area contributed by atoms with Crippen molar-refractivity contribution in [2.45, 2.75) is 20.8 Å². The maximum atomic E-state index is 8.87. The first-order chi connectivity index (χ1) is 8.95. The summed E-state index contributed by atoms with van der Waals surface area (Å²) in [6.45, 7) is 5.68. The molecule has 0 spiro atoms. The number of amidine groups is 1. The van der Waals surface area contributed by atoms with E-state index in [0.717, 1.165) is 22.6 Å². The van der Waals surface area contributed by atoms with Crippen molar-refractivity contribution in [2.24, 2.45) is 10.9 Å². The van der Waals surface area contributed by atoms with Crippen LogP contribution in [0.3, 0.4) is 0 Å². The van der Waals surface area contributed by atoms with Gasteiger partial charge >= 0.3 is 0 Å². The third-order valence-corrected chi connectivity index (χ3v) is 3.52. The van der Waals surface area contributed by atoms with Gasteiger partial charge in [-0.05, 0) is 38.5 Å². The van der Waals surface area contributed by atoms with Gasteiger partial charge in [0.2, 0.25) is 0 Å². The van der Waals surface area contributed by atoms with Crippen LogP contribution in [0.15, 0.2) is 23.4 Å². The molecule has 0 aliphatic carbocycles. The first-order valence-electron chi connectivity index (χ1n) is 5.76. The first-order valence-corrected chi connectivity index (χ1v) is 6.14. The SMILES string of the molecule is Cc1ccc(C(N)=NO)c(-n2nc(C)c(Cl)c2C)c1. The zero-order chi connectivity index (χ0) is 14.2. The van der Waals surface area contributed by atoms with Gasteiger partial charge in [0.05, 0.1) is 22.1 Å². The number of aryl methyl sites for hydroxylation is 2. The number of hydrogen-bond acceptors (Lipinski definition) is 3. The van der Waals surface area contributed by atoms with Crippen LogP contribution < -0.4 is 5.73 Å². The van der Waals surface area contributed by atoms with Crippen LogP contribution in [0.1, 0.15) is 22.5 Å². The van der Waals surface area contributed by atoms with Gasteiger partial charge in [0.1, 0.15) is 0 Å². The van der Waals surface area contributed by atoms with Crippen molar-refractivity contribution in [3.63, 3.8) is 0 Å². The summed E-state index contributed by atoms with van der Waals surface area (Å²) in [7, 11) is 0. The number of hydrogen-bond donors (Lipinski definition) is 2. The molecule has 0 aliphatic heterocycles. The summed E-state index contributed by atoms with van der Waals surface area (Å²) in [5, 5.41) is 16.9. The average Bonchev–Trinajstić information content (AvgIpc) is 2.65. The Balaban J connectivity index is 2.73. The molecular weight excluding hydrogens is 264 g/mol. The lowest BCUT2D eigenvalue weighted by Gasteiger charge is -2.11. The molecule has 6 heteroatoms. The van der Waals surface area contributed by atoms with Crippen LogP contribution >= 0.6 is 11.6 Å². The number of halogens is 1. The van der Waals surface area contributed by atoms with Crippen LogP contribution in [-0.4, -0.2) is 20.8 Å². The van der Waals surface area contributed by atoms with Gasteiger partial charge < -0.3 is 10.9 Å². The molecule has 0 saturated heterocycles. The second-order valence-electron chi connectivity index (χ2n) is 4.40. The molecular formula is C13H15ClN4O. The highest BCUT2D eigenvalue weighted by molar-refractivity contribution is 6.31. The molecule has 2 aromatic rings. The summed E-state index contributed by atoms with van der Waals surface area (Å²) < 4.78 is 1.71. The molecule has 5 nitrogen and oxygen atoms in total. The molecule has 100 valence electrons. The monoisotopic (exact) mass is 278 g/mol. The van der Waals surface area contributed by atoms with Gasteiger partial charge in [0.15, 0.2) is 5.84 Å². The van der Waals surface area contributed by atoms with Crippen LogP contribution in [0.4, 0.5) is 0 Å². The second kappa shape index (κ2) is 4.93. The molecule has 0 unspecified atom stereocenters. The van der Waals surface area contributed by atoms with E-state index in [9.17, 15) is 0 Å². The Kier molecular flexibility index (Phi) is 3.48. The van der Waals surface area contributed by atoms with Crippen LogP contribution in [0.2, 0.25) is 5.02 Å². The molecule has 0 amide bonds. The minimum atomic E-state index is 0.0404. The maximum absolute atomic E-state index is 8.87. The molecule has 0 radical (unpaired) electrons. The Bertz CT molecular complexity index is 661. The van der Waals surface area contributed by atoms with Gasteiger partial charge in [-0.3, -0.25) is 0 Å². The van der Waals surface area contributed by atoms with E-state index in [-0.39, 0.29) is 5.84 Å². The van der Waals surface area contributed by atoms with E-state index >= 15 is 0 Å². The highest BCUT2D eigenvalue weighted by Crippen LogP contribution is 2.25. The highest BCUT2D eigenvalue weighted by atomic mass is 35.5. The minimum Gasteiger partial charge on any atom is -0.409 e. The zero-order valence-electron chi connectivity index (χ0n) is 11.0. The lowest BCUT2D eigenvalue weighted by molar-refractivity contribution is 0.318. The van der Waals surface area contributed by atoms with E-state index in [1.807, 2.05) is 32.9 Å². The predicted molar refractivity (Wildman–Crippen MR) is 75.3 cm³/mol.